The number of carbonyl (C=O) groups is 1. The zero-order chi connectivity index (χ0) is 21.0. The highest BCUT2D eigenvalue weighted by Gasteiger charge is 2.18. The summed E-state index contributed by atoms with van der Waals surface area (Å²) in [5.74, 6) is 0.0616. The van der Waals surface area contributed by atoms with Crippen LogP contribution in [0.4, 0.5) is 0 Å². The Balaban J connectivity index is 1.51. The van der Waals surface area contributed by atoms with Gasteiger partial charge in [-0.25, -0.2) is 22.5 Å². The molecule has 0 amide bonds. The van der Waals surface area contributed by atoms with Gasteiger partial charge in [0.2, 0.25) is 10.0 Å². The van der Waals surface area contributed by atoms with E-state index in [0.717, 1.165) is 14.2 Å². The number of benzene rings is 1. The molecule has 2 aromatic heterocycles. The fraction of sp³-hybridized carbons (Fsp3) is 0.263. The Morgan fingerprint density at radius 3 is 2.48 bits per heavy atom. The molecule has 0 saturated heterocycles. The fourth-order valence-electron chi connectivity index (χ4n) is 2.37. The van der Waals surface area contributed by atoms with Crippen LogP contribution in [0.3, 0.4) is 0 Å². The lowest BCUT2D eigenvalue weighted by Gasteiger charge is -2.12. The van der Waals surface area contributed by atoms with Crippen LogP contribution in [0.25, 0.3) is 9.88 Å². The fourth-order valence-corrected chi connectivity index (χ4v) is 5.03. The molecule has 3 rings (SSSR count). The third-order valence-corrected chi connectivity index (χ3v) is 7.91. The highest BCUT2D eigenvalue weighted by atomic mass is 32.2. The molecule has 0 N–H and O–H groups in total. The number of hydrogen-bond acceptors (Lipinski definition) is 8. The second-order valence-corrected chi connectivity index (χ2v) is 10.3. The molecule has 0 spiro atoms. The van der Waals surface area contributed by atoms with Crippen LogP contribution in [-0.2, 0) is 14.8 Å². The maximum Gasteiger partial charge on any atom is 0.350 e. The number of ether oxygens (including phenoxy) is 2. The molecule has 0 radical (unpaired) electrons. The number of carbonyl (C=O) groups excluding carboxylic acids is 1. The van der Waals surface area contributed by atoms with Gasteiger partial charge in [-0.15, -0.1) is 22.7 Å². The van der Waals surface area contributed by atoms with Crippen molar-refractivity contribution >= 4 is 38.7 Å². The number of thiophene rings is 1. The van der Waals surface area contributed by atoms with E-state index in [4.69, 9.17) is 9.47 Å². The van der Waals surface area contributed by atoms with Crippen molar-refractivity contribution in [2.24, 2.45) is 0 Å². The van der Waals surface area contributed by atoms with Gasteiger partial charge in [0, 0.05) is 14.1 Å². The lowest BCUT2D eigenvalue weighted by molar-refractivity contribution is 0.0455. The van der Waals surface area contributed by atoms with Crippen LogP contribution in [0.5, 0.6) is 5.75 Å². The van der Waals surface area contributed by atoms with Gasteiger partial charge in [-0.1, -0.05) is 6.07 Å². The van der Waals surface area contributed by atoms with Gasteiger partial charge in [-0.2, -0.15) is 0 Å². The maximum absolute atomic E-state index is 12.3. The van der Waals surface area contributed by atoms with E-state index in [2.05, 4.69) is 4.98 Å². The minimum atomic E-state index is -3.47. The van der Waals surface area contributed by atoms with Crippen molar-refractivity contribution in [1.29, 1.82) is 0 Å². The molecular formula is C19H20N2O5S3. The van der Waals surface area contributed by atoms with Crippen molar-refractivity contribution in [2.45, 2.75) is 11.8 Å². The Kier molecular flexibility index (Phi) is 6.68. The molecule has 0 aliphatic rings. The number of hydrogen-bond donors (Lipinski definition) is 0. The number of rotatable bonds is 8. The summed E-state index contributed by atoms with van der Waals surface area (Å²) in [7, 11) is -0.526. The van der Waals surface area contributed by atoms with E-state index in [1.165, 1.54) is 37.6 Å². The summed E-state index contributed by atoms with van der Waals surface area (Å²) in [5.41, 5.74) is 0.641. The largest absolute Gasteiger partial charge is 0.490 e. The van der Waals surface area contributed by atoms with Gasteiger partial charge >= 0.3 is 5.97 Å². The third kappa shape index (κ3) is 5.02. The smallest absolute Gasteiger partial charge is 0.350 e. The average Bonchev–Trinajstić information content (AvgIpc) is 3.35. The molecule has 0 atom stereocenters. The molecule has 29 heavy (non-hydrogen) atoms. The standard InChI is InChI=1S/C19H20N2O5S3/c1-13-17(28-18(20-13)16-5-4-12-27-16)19(22)26-11-10-25-14-6-8-15(9-7-14)29(23,24)21(2)3/h4-9,12H,10-11H2,1-3H3. The van der Waals surface area contributed by atoms with Crippen molar-refractivity contribution in [3.63, 3.8) is 0 Å². The first kappa shape index (κ1) is 21.4. The zero-order valence-corrected chi connectivity index (χ0v) is 18.6. The topological polar surface area (TPSA) is 85.8 Å². The Labute approximate surface area is 177 Å². The molecule has 1 aromatic carbocycles. The highest BCUT2D eigenvalue weighted by molar-refractivity contribution is 7.89. The monoisotopic (exact) mass is 452 g/mol. The summed E-state index contributed by atoms with van der Waals surface area (Å²) in [5, 5.41) is 2.76. The van der Waals surface area contributed by atoms with Crippen molar-refractivity contribution in [3.05, 3.63) is 52.3 Å². The van der Waals surface area contributed by atoms with Gasteiger partial charge < -0.3 is 9.47 Å². The summed E-state index contributed by atoms with van der Waals surface area (Å²) in [6, 6.07) is 9.99. The molecule has 154 valence electrons. The predicted octanol–water partition coefficient (Wildman–Crippen LogP) is 3.67. The SMILES string of the molecule is Cc1nc(-c2cccs2)sc1C(=O)OCCOc1ccc(S(=O)(=O)N(C)C)cc1. The predicted molar refractivity (Wildman–Crippen MR) is 113 cm³/mol. The number of esters is 1. The van der Waals surface area contributed by atoms with Gasteiger partial charge in [0.15, 0.2) is 0 Å². The van der Waals surface area contributed by atoms with Crippen LogP contribution in [-0.4, -0.2) is 51.0 Å². The minimum absolute atomic E-state index is 0.0717. The minimum Gasteiger partial charge on any atom is -0.490 e. The summed E-state index contributed by atoms with van der Waals surface area (Å²) in [6.45, 7) is 2.01. The molecule has 0 bridgehead atoms. The van der Waals surface area contributed by atoms with Crippen LogP contribution < -0.4 is 4.74 Å². The maximum atomic E-state index is 12.3. The molecular weight excluding hydrogens is 432 g/mol. The zero-order valence-electron chi connectivity index (χ0n) is 16.1. The summed E-state index contributed by atoms with van der Waals surface area (Å²) in [6.07, 6.45) is 0. The Hall–Kier alpha value is -2.27. The Morgan fingerprint density at radius 2 is 1.86 bits per heavy atom. The van der Waals surface area contributed by atoms with E-state index in [-0.39, 0.29) is 18.1 Å². The summed E-state index contributed by atoms with van der Waals surface area (Å²) >= 11 is 2.88. The van der Waals surface area contributed by atoms with Crippen LogP contribution in [0.2, 0.25) is 0 Å². The van der Waals surface area contributed by atoms with Crippen LogP contribution >= 0.6 is 22.7 Å². The van der Waals surface area contributed by atoms with E-state index < -0.39 is 16.0 Å². The first-order valence-corrected chi connectivity index (χ1v) is 11.8. The number of aromatic nitrogens is 1. The lowest BCUT2D eigenvalue weighted by Crippen LogP contribution is -2.22. The molecule has 10 heteroatoms. The first-order valence-electron chi connectivity index (χ1n) is 8.63. The van der Waals surface area contributed by atoms with Crippen molar-refractivity contribution < 1.29 is 22.7 Å². The van der Waals surface area contributed by atoms with Gasteiger partial charge in [0.1, 0.15) is 28.8 Å². The van der Waals surface area contributed by atoms with Crippen LogP contribution in [0, 0.1) is 6.92 Å². The quantitative estimate of drug-likeness (QED) is 0.383. The Bertz CT molecular complexity index is 1070. The molecule has 0 unspecified atom stereocenters. The van der Waals surface area contributed by atoms with Gasteiger partial charge in [0.05, 0.1) is 15.5 Å². The molecule has 0 aliphatic heterocycles. The number of aryl methyl sites for hydroxylation is 1. The summed E-state index contributed by atoms with van der Waals surface area (Å²) < 4.78 is 36.0. The van der Waals surface area contributed by atoms with Gasteiger partial charge in [-0.05, 0) is 42.6 Å². The molecule has 0 fully saturated rings. The Morgan fingerprint density at radius 1 is 1.14 bits per heavy atom. The second-order valence-electron chi connectivity index (χ2n) is 6.15. The molecule has 0 saturated carbocycles. The third-order valence-electron chi connectivity index (χ3n) is 3.90. The van der Waals surface area contributed by atoms with Gasteiger partial charge in [0.25, 0.3) is 0 Å². The van der Waals surface area contributed by atoms with E-state index in [9.17, 15) is 13.2 Å². The lowest BCUT2D eigenvalue weighted by atomic mass is 10.3. The molecule has 3 aromatic rings. The van der Waals surface area contributed by atoms with Crippen molar-refractivity contribution in [3.8, 4) is 15.6 Å². The van der Waals surface area contributed by atoms with Crippen LogP contribution in [0.1, 0.15) is 15.4 Å². The molecule has 0 aliphatic carbocycles. The van der Waals surface area contributed by atoms with Gasteiger partial charge in [-0.3, -0.25) is 0 Å². The van der Waals surface area contributed by atoms with E-state index in [0.29, 0.717) is 16.3 Å². The van der Waals surface area contributed by atoms with Crippen molar-refractivity contribution in [2.75, 3.05) is 27.3 Å². The van der Waals surface area contributed by atoms with E-state index in [1.807, 2.05) is 17.5 Å². The highest BCUT2D eigenvalue weighted by Crippen LogP contribution is 2.31. The number of thiazole rings is 1. The van der Waals surface area contributed by atoms with E-state index >= 15 is 0 Å². The molecule has 7 nitrogen and oxygen atoms in total. The van der Waals surface area contributed by atoms with Crippen molar-refractivity contribution in [1.82, 2.24) is 9.29 Å². The van der Waals surface area contributed by atoms with E-state index in [1.54, 1.807) is 30.4 Å². The van der Waals surface area contributed by atoms with Crippen LogP contribution in [0.15, 0.2) is 46.7 Å². The normalized spacial score (nSPS) is 11.6. The number of sulfonamides is 1. The average molecular weight is 453 g/mol. The number of nitrogens with zero attached hydrogens (tertiary/aromatic N) is 2. The second kappa shape index (κ2) is 9.04. The molecule has 2 heterocycles. The first-order chi connectivity index (χ1) is 13.8. The summed E-state index contributed by atoms with van der Waals surface area (Å²) in [4.78, 5) is 18.4.